The Labute approximate surface area is 108 Å². The molecule has 1 aromatic rings. The van der Waals surface area contributed by atoms with Gasteiger partial charge in [0.15, 0.2) is 0 Å². The van der Waals surface area contributed by atoms with Gasteiger partial charge in [0, 0.05) is 0 Å². The van der Waals surface area contributed by atoms with E-state index in [1.165, 1.54) is 16.3 Å². The summed E-state index contributed by atoms with van der Waals surface area (Å²) in [7, 11) is 0. The van der Waals surface area contributed by atoms with Crippen molar-refractivity contribution in [3.63, 3.8) is 0 Å². The molecule has 0 aliphatic heterocycles. The van der Waals surface area contributed by atoms with Crippen molar-refractivity contribution in [1.82, 2.24) is 0 Å². The first kappa shape index (κ1) is 16.7. The van der Waals surface area contributed by atoms with Crippen molar-refractivity contribution in [2.45, 2.75) is 6.18 Å². The zero-order valence-corrected chi connectivity index (χ0v) is 12.5. The molecule has 0 saturated carbocycles. The quantitative estimate of drug-likeness (QED) is 0.274. The molecule has 0 aliphatic rings. The number of benzene rings is 1. The Kier molecular flexibility index (Phi) is 5.94. The maximum absolute atomic E-state index is 12.7. The summed E-state index contributed by atoms with van der Waals surface area (Å²) in [5.41, 5.74) is -3.97. The number of alkyl halides is 3. The number of rotatable bonds is 0. The van der Waals surface area contributed by atoms with E-state index in [1.807, 2.05) is 0 Å². The van der Waals surface area contributed by atoms with Crippen LogP contribution in [0, 0.1) is 30.2 Å². The van der Waals surface area contributed by atoms with Crippen LogP contribution in [0.4, 0.5) is 30.7 Å². The molecule has 0 unspecified atom stereocenters. The number of hydrogen-bond acceptors (Lipinski definition) is 0. The zero-order chi connectivity index (χ0) is 14.0. The van der Waals surface area contributed by atoms with Gasteiger partial charge in [-0.3, -0.25) is 8.78 Å². The summed E-state index contributed by atoms with van der Waals surface area (Å²) in [6, 6.07) is 0. The van der Waals surface area contributed by atoms with Crippen molar-refractivity contribution in [2.24, 2.45) is 0 Å². The molecule has 17 heavy (non-hydrogen) atoms. The van der Waals surface area contributed by atoms with Gasteiger partial charge in [0.2, 0.25) is 0 Å². The summed E-state index contributed by atoms with van der Waals surface area (Å²) in [6.45, 7) is 2.57. The van der Waals surface area contributed by atoms with E-state index in [4.69, 9.17) is 0 Å². The van der Waals surface area contributed by atoms with E-state index < -0.39 is 40.6 Å². The third-order valence-electron chi connectivity index (χ3n) is 1.64. The molecule has 0 N–H and O–H groups in total. The van der Waals surface area contributed by atoms with Crippen molar-refractivity contribution in [2.75, 3.05) is 0 Å². The molecule has 1 rings (SSSR count). The van der Waals surface area contributed by atoms with Crippen LogP contribution in [-0.2, 0) is 22.5 Å². The van der Waals surface area contributed by atoms with E-state index in [0.29, 0.717) is 0 Å². The summed E-state index contributed by atoms with van der Waals surface area (Å²) in [4.78, 5) is 0. The average molecular weight is 376 g/mol. The molecule has 0 atom stereocenters. The first-order chi connectivity index (χ1) is 7.68. The van der Waals surface area contributed by atoms with Gasteiger partial charge in [0.05, 0.1) is 11.6 Å². The summed E-state index contributed by atoms with van der Waals surface area (Å²) in [6.07, 6.45) is -5.51. The van der Waals surface area contributed by atoms with Crippen LogP contribution in [0.5, 0.6) is 0 Å². The molecule has 0 radical (unpaired) electrons. The van der Waals surface area contributed by atoms with Crippen molar-refractivity contribution < 1.29 is 47.1 Å². The van der Waals surface area contributed by atoms with Gasteiger partial charge in [-0.25, -0.2) is 8.78 Å². The fourth-order valence-electron chi connectivity index (χ4n) is 0.926. The standard InChI is InChI=1S/C8H2F7.BrH.Zn/c1-2-4(9)6(11)3(8(13,14)15)7(12)5(2)10;;/h1H2;1H;/q-1;;+2/p-1. The molecule has 92 valence electrons. The molecule has 0 fully saturated rings. The molecular weight excluding hydrogens is 374 g/mol. The first-order valence-electron chi connectivity index (χ1n) is 3.69. The average Bonchev–Trinajstić information content (AvgIpc) is 2.25. The SMILES string of the molecule is [CH2-]c1c(F)c(F)c(C(F)(F)F)c(F)c1F.[Zn+][Br]. The van der Waals surface area contributed by atoms with E-state index in [1.54, 1.807) is 0 Å². The summed E-state index contributed by atoms with van der Waals surface area (Å²) >= 11 is 4.25. The maximum atomic E-state index is 12.7. The molecule has 0 saturated heterocycles. The second kappa shape index (κ2) is 6.04. The Morgan fingerprint density at radius 1 is 0.824 bits per heavy atom. The van der Waals surface area contributed by atoms with E-state index >= 15 is 0 Å². The van der Waals surface area contributed by atoms with E-state index in [2.05, 4.69) is 20.5 Å². The molecule has 1 aromatic carbocycles. The van der Waals surface area contributed by atoms with E-state index in [-0.39, 0.29) is 0 Å². The molecule has 0 heterocycles. The minimum atomic E-state index is -5.51. The van der Waals surface area contributed by atoms with Gasteiger partial charge >= 0.3 is 36.1 Å². The van der Waals surface area contributed by atoms with E-state index in [0.717, 1.165) is 0 Å². The Morgan fingerprint density at radius 2 is 1.12 bits per heavy atom. The molecule has 0 aromatic heterocycles. The summed E-state index contributed by atoms with van der Waals surface area (Å²) in [5, 5.41) is 0. The Balaban J connectivity index is 0.00000121. The monoisotopic (exact) mass is 374 g/mol. The van der Waals surface area contributed by atoms with Crippen LogP contribution in [0.25, 0.3) is 0 Å². The van der Waals surface area contributed by atoms with Crippen LogP contribution in [0.15, 0.2) is 0 Å². The van der Waals surface area contributed by atoms with Crippen LogP contribution >= 0.6 is 13.6 Å². The second-order valence-electron chi connectivity index (χ2n) is 2.61. The van der Waals surface area contributed by atoms with Gasteiger partial charge in [-0.05, 0) is 0 Å². The predicted octanol–water partition coefficient (Wildman–Crippen LogP) is 4.29. The molecule has 9 heteroatoms. The first-order valence-corrected chi connectivity index (χ1v) is 10.6. The fourth-order valence-corrected chi connectivity index (χ4v) is 0.926. The molecular formula is C8H2BrF7Zn. The summed E-state index contributed by atoms with van der Waals surface area (Å²) < 4.78 is 86.5. The predicted molar refractivity (Wildman–Crippen MR) is 44.7 cm³/mol. The van der Waals surface area contributed by atoms with Gasteiger partial charge in [-0.1, -0.05) is 0 Å². The zero-order valence-electron chi connectivity index (χ0n) is 7.94. The Morgan fingerprint density at radius 3 is 1.35 bits per heavy atom. The van der Waals surface area contributed by atoms with Gasteiger partial charge in [0.1, 0.15) is 17.2 Å². The van der Waals surface area contributed by atoms with E-state index in [9.17, 15) is 30.7 Å². The van der Waals surface area contributed by atoms with Crippen molar-refractivity contribution >= 4 is 13.6 Å². The van der Waals surface area contributed by atoms with Gasteiger partial charge < -0.3 is 0 Å². The van der Waals surface area contributed by atoms with Gasteiger partial charge in [-0.15, -0.1) is 5.56 Å². The molecule has 0 bridgehead atoms. The van der Waals surface area contributed by atoms with Crippen LogP contribution in [0.3, 0.4) is 0 Å². The molecule has 0 amide bonds. The Hall–Kier alpha value is -0.297. The minimum absolute atomic E-state index is 1.19. The van der Waals surface area contributed by atoms with Crippen molar-refractivity contribution in [3.8, 4) is 0 Å². The second-order valence-corrected chi connectivity index (χ2v) is 2.61. The molecule has 0 aliphatic carbocycles. The Bertz CT molecular complexity index is 386. The van der Waals surface area contributed by atoms with Crippen LogP contribution in [-0.4, -0.2) is 0 Å². The molecule has 0 spiro atoms. The summed E-state index contributed by atoms with van der Waals surface area (Å²) in [5.74, 6) is -9.29. The molecule has 0 nitrogen and oxygen atoms in total. The fraction of sp³-hybridized carbons (Fsp3) is 0.125. The van der Waals surface area contributed by atoms with Crippen LogP contribution < -0.4 is 0 Å². The van der Waals surface area contributed by atoms with Crippen molar-refractivity contribution in [1.29, 1.82) is 0 Å². The number of hydrogen-bond donors (Lipinski definition) is 0. The topological polar surface area (TPSA) is 0 Å². The van der Waals surface area contributed by atoms with Gasteiger partial charge in [-0.2, -0.15) is 20.1 Å². The third kappa shape index (κ3) is 3.34. The van der Waals surface area contributed by atoms with Crippen LogP contribution in [0.2, 0.25) is 0 Å². The van der Waals surface area contributed by atoms with Gasteiger partial charge in [0.25, 0.3) is 0 Å². The third-order valence-corrected chi connectivity index (χ3v) is 1.64. The van der Waals surface area contributed by atoms with Crippen LogP contribution in [0.1, 0.15) is 11.1 Å². The normalized spacial score (nSPS) is 10.9. The van der Waals surface area contributed by atoms with Crippen molar-refractivity contribution in [3.05, 3.63) is 41.3 Å². The number of halogens is 8.